The minimum absolute atomic E-state index is 0.341. The monoisotopic (exact) mass is 314 g/mol. The van der Waals surface area contributed by atoms with Crippen LogP contribution in [0.1, 0.15) is 20.3 Å². The Morgan fingerprint density at radius 3 is 2.76 bits per heavy atom. The van der Waals surface area contributed by atoms with Crippen molar-refractivity contribution in [2.75, 3.05) is 5.32 Å². The predicted molar refractivity (Wildman–Crippen MR) is 71.8 cm³/mol. The summed E-state index contributed by atoms with van der Waals surface area (Å²) < 4.78 is 0.832. The lowest BCUT2D eigenvalue weighted by Crippen LogP contribution is -2.31. The number of nitriles is 1. The molecule has 1 unspecified atom stereocenters. The van der Waals surface area contributed by atoms with E-state index in [0.29, 0.717) is 17.1 Å². The molecule has 3 nitrogen and oxygen atoms in total. The van der Waals surface area contributed by atoms with Gasteiger partial charge in [-0.3, -0.25) is 4.79 Å². The van der Waals surface area contributed by atoms with Gasteiger partial charge in [-0.05, 0) is 31.5 Å². The van der Waals surface area contributed by atoms with E-state index in [-0.39, 0.29) is 5.91 Å². The Labute approximate surface area is 114 Å². The Kier molecular flexibility index (Phi) is 4.55. The van der Waals surface area contributed by atoms with Crippen molar-refractivity contribution in [3.05, 3.63) is 27.7 Å². The average Bonchev–Trinajstić information content (AvgIpc) is 2.31. The van der Waals surface area contributed by atoms with E-state index in [9.17, 15) is 4.79 Å². The number of nitrogens with zero attached hydrogens (tertiary/aromatic N) is 1. The number of benzene rings is 1. The van der Waals surface area contributed by atoms with E-state index in [4.69, 9.17) is 16.9 Å². The molecule has 1 rings (SSSR count). The van der Waals surface area contributed by atoms with Gasteiger partial charge in [0.05, 0.1) is 16.8 Å². The SMILES string of the molecule is CCC(C)(C#N)C(=O)Nc1ccc(Br)cc1Cl. The summed E-state index contributed by atoms with van der Waals surface area (Å²) in [6, 6.07) is 7.17. The highest BCUT2D eigenvalue weighted by Crippen LogP contribution is 2.28. The molecular weight excluding hydrogens is 304 g/mol. The van der Waals surface area contributed by atoms with Crippen LogP contribution >= 0.6 is 27.5 Å². The third-order valence-corrected chi connectivity index (χ3v) is 3.44. The van der Waals surface area contributed by atoms with Crippen molar-refractivity contribution in [2.24, 2.45) is 5.41 Å². The molecule has 90 valence electrons. The highest BCUT2D eigenvalue weighted by Gasteiger charge is 2.31. The summed E-state index contributed by atoms with van der Waals surface area (Å²) in [7, 11) is 0. The molecule has 1 aromatic rings. The topological polar surface area (TPSA) is 52.9 Å². The van der Waals surface area contributed by atoms with Gasteiger partial charge in [0.2, 0.25) is 5.91 Å². The molecule has 5 heteroatoms. The van der Waals surface area contributed by atoms with Crippen molar-refractivity contribution in [1.29, 1.82) is 5.26 Å². The van der Waals surface area contributed by atoms with Gasteiger partial charge < -0.3 is 5.32 Å². The van der Waals surface area contributed by atoms with Crippen molar-refractivity contribution in [3.8, 4) is 6.07 Å². The first kappa shape index (κ1) is 14.0. The van der Waals surface area contributed by atoms with E-state index < -0.39 is 5.41 Å². The standard InChI is InChI=1S/C12H12BrClN2O/c1-3-12(2,7-15)11(17)16-10-5-4-8(13)6-9(10)14/h4-6H,3H2,1-2H3,(H,16,17). The first-order valence-corrected chi connectivity index (χ1v) is 6.28. The van der Waals surface area contributed by atoms with E-state index in [1.54, 1.807) is 32.0 Å². The Bertz CT molecular complexity index is 484. The molecule has 0 bridgehead atoms. The Balaban J connectivity index is 2.93. The number of halogens is 2. The first-order chi connectivity index (χ1) is 7.92. The molecule has 1 aromatic carbocycles. The zero-order valence-electron chi connectivity index (χ0n) is 9.55. The fraction of sp³-hybridized carbons (Fsp3) is 0.333. The number of nitrogens with one attached hydrogen (secondary N) is 1. The fourth-order valence-electron chi connectivity index (χ4n) is 1.14. The first-order valence-electron chi connectivity index (χ1n) is 5.10. The number of rotatable bonds is 3. The van der Waals surface area contributed by atoms with Crippen molar-refractivity contribution < 1.29 is 4.79 Å². The van der Waals surface area contributed by atoms with Crippen LogP contribution in [0, 0.1) is 16.7 Å². The number of hydrogen-bond donors (Lipinski definition) is 1. The van der Waals surface area contributed by atoms with Gasteiger partial charge in [-0.25, -0.2) is 0 Å². The van der Waals surface area contributed by atoms with Gasteiger partial charge in [0.25, 0.3) is 0 Å². The smallest absolute Gasteiger partial charge is 0.244 e. The molecule has 0 radical (unpaired) electrons. The van der Waals surface area contributed by atoms with Gasteiger partial charge in [-0.15, -0.1) is 0 Å². The summed E-state index contributed by atoms with van der Waals surface area (Å²) in [6.07, 6.45) is 0.448. The van der Waals surface area contributed by atoms with Gasteiger partial charge in [0, 0.05) is 4.47 Å². The maximum atomic E-state index is 11.9. The lowest BCUT2D eigenvalue weighted by molar-refractivity contribution is -0.122. The average molecular weight is 316 g/mol. The number of carbonyl (C=O) groups is 1. The number of hydrogen-bond acceptors (Lipinski definition) is 2. The largest absolute Gasteiger partial charge is 0.323 e. The minimum atomic E-state index is -1.03. The van der Waals surface area contributed by atoms with Crippen molar-refractivity contribution in [3.63, 3.8) is 0 Å². The zero-order chi connectivity index (χ0) is 13.1. The minimum Gasteiger partial charge on any atom is -0.323 e. The molecule has 1 atom stereocenters. The molecule has 0 aliphatic rings. The summed E-state index contributed by atoms with van der Waals surface area (Å²) in [5.41, 5.74) is -0.522. The van der Waals surface area contributed by atoms with Crippen molar-refractivity contribution in [2.45, 2.75) is 20.3 Å². The van der Waals surface area contributed by atoms with Crippen molar-refractivity contribution >= 4 is 39.1 Å². The van der Waals surface area contributed by atoms with Crippen LogP contribution < -0.4 is 5.32 Å². The summed E-state index contributed by atoms with van der Waals surface area (Å²) in [5.74, 6) is -0.341. The number of carbonyl (C=O) groups excluding carboxylic acids is 1. The molecule has 1 amide bonds. The third-order valence-electron chi connectivity index (χ3n) is 2.63. The second-order valence-electron chi connectivity index (χ2n) is 3.88. The van der Waals surface area contributed by atoms with Gasteiger partial charge in [-0.1, -0.05) is 34.5 Å². The molecule has 0 aromatic heterocycles. The highest BCUT2D eigenvalue weighted by atomic mass is 79.9. The zero-order valence-corrected chi connectivity index (χ0v) is 11.9. The van der Waals surface area contributed by atoms with Crippen LogP contribution in [0.2, 0.25) is 5.02 Å². The molecule has 0 saturated carbocycles. The maximum absolute atomic E-state index is 11.9. The summed E-state index contributed by atoms with van der Waals surface area (Å²) in [5, 5.41) is 12.1. The molecule has 0 saturated heterocycles. The fourth-order valence-corrected chi connectivity index (χ4v) is 1.86. The van der Waals surface area contributed by atoms with Gasteiger partial charge in [0.1, 0.15) is 5.41 Å². The second-order valence-corrected chi connectivity index (χ2v) is 5.20. The van der Waals surface area contributed by atoms with E-state index in [1.165, 1.54) is 0 Å². The van der Waals surface area contributed by atoms with Crippen molar-refractivity contribution in [1.82, 2.24) is 0 Å². The molecule has 1 N–H and O–H groups in total. The van der Waals surface area contributed by atoms with E-state index in [2.05, 4.69) is 21.2 Å². The predicted octanol–water partition coefficient (Wildman–Crippen LogP) is 3.98. The van der Waals surface area contributed by atoms with Gasteiger partial charge in [0.15, 0.2) is 0 Å². The Morgan fingerprint density at radius 2 is 2.29 bits per heavy atom. The van der Waals surface area contributed by atoms with Crippen LogP contribution in [0.4, 0.5) is 5.69 Å². The van der Waals surface area contributed by atoms with Crippen LogP contribution in [0.15, 0.2) is 22.7 Å². The summed E-state index contributed by atoms with van der Waals surface area (Å²) in [6.45, 7) is 3.40. The number of anilines is 1. The third kappa shape index (κ3) is 3.21. The summed E-state index contributed by atoms with van der Waals surface area (Å²) in [4.78, 5) is 11.9. The molecule has 0 heterocycles. The second kappa shape index (κ2) is 5.52. The van der Waals surface area contributed by atoms with Crippen LogP contribution in [0.5, 0.6) is 0 Å². The molecule has 0 aliphatic carbocycles. The van der Waals surface area contributed by atoms with Crippen LogP contribution in [-0.4, -0.2) is 5.91 Å². The highest BCUT2D eigenvalue weighted by molar-refractivity contribution is 9.10. The molecule has 0 fully saturated rings. The molecular formula is C12H12BrClN2O. The van der Waals surface area contributed by atoms with Crippen LogP contribution in [0.3, 0.4) is 0 Å². The van der Waals surface area contributed by atoms with Gasteiger partial charge >= 0.3 is 0 Å². The lowest BCUT2D eigenvalue weighted by atomic mass is 9.88. The molecule has 0 spiro atoms. The van der Waals surface area contributed by atoms with E-state index in [1.807, 2.05) is 6.07 Å². The Morgan fingerprint density at radius 1 is 1.65 bits per heavy atom. The quantitative estimate of drug-likeness (QED) is 0.917. The Hall–Kier alpha value is -1.05. The van der Waals surface area contributed by atoms with Gasteiger partial charge in [-0.2, -0.15) is 5.26 Å². The maximum Gasteiger partial charge on any atom is 0.244 e. The van der Waals surface area contributed by atoms with E-state index in [0.717, 1.165) is 4.47 Å². The van der Waals surface area contributed by atoms with Crippen LogP contribution in [-0.2, 0) is 4.79 Å². The normalized spacial score (nSPS) is 13.6. The summed E-state index contributed by atoms with van der Waals surface area (Å²) >= 11 is 9.26. The lowest BCUT2D eigenvalue weighted by Gasteiger charge is -2.19. The molecule has 17 heavy (non-hydrogen) atoms. The number of amides is 1. The van der Waals surface area contributed by atoms with Crippen LogP contribution in [0.25, 0.3) is 0 Å². The van der Waals surface area contributed by atoms with E-state index >= 15 is 0 Å². The molecule has 0 aliphatic heterocycles.